The Morgan fingerprint density at radius 3 is 2.11 bits per heavy atom. The largest absolute Gasteiger partial charge is 0.235 e. The van der Waals surface area contributed by atoms with E-state index in [-0.39, 0.29) is 0 Å². The first-order valence-electron chi connectivity index (χ1n) is 9.22. The lowest BCUT2D eigenvalue weighted by Crippen LogP contribution is -2.09. The fraction of sp³-hybridized carbons (Fsp3) is 0.0800. The maximum Gasteiger partial charge on any atom is 0.199 e. The zero-order chi connectivity index (χ0) is 19.3. The van der Waals surface area contributed by atoms with E-state index in [1.807, 2.05) is 23.5 Å². The second-order valence-corrected chi connectivity index (χ2v) is 8.96. The van der Waals surface area contributed by atoms with Crippen LogP contribution in [0.4, 0.5) is 0 Å². The first-order chi connectivity index (χ1) is 13.7. The highest BCUT2D eigenvalue weighted by atomic mass is 32.2. The fourth-order valence-electron chi connectivity index (χ4n) is 3.02. The first-order valence-corrected chi connectivity index (χ1v) is 10.9. The number of hydrogen-bond donors (Lipinski definition) is 0. The molecule has 1 aliphatic carbocycles. The van der Waals surface area contributed by atoms with Gasteiger partial charge in [0.05, 0.1) is 4.24 Å². The number of thioether (sulfide) groups is 2. The molecule has 0 amide bonds. The van der Waals surface area contributed by atoms with Gasteiger partial charge in [-0.3, -0.25) is 0 Å². The summed E-state index contributed by atoms with van der Waals surface area (Å²) in [6, 6.07) is 21.3. The lowest BCUT2D eigenvalue weighted by molar-refractivity contribution is -0.462. The van der Waals surface area contributed by atoms with Crippen molar-refractivity contribution in [3.63, 3.8) is 0 Å². The third-order valence-electron chi connectivity index (χ3n) is 4.56. The van der Waals surface area contributed by atoms with Crippen LogP contribution in [-0.2, 0) is 0 Å². The van der Waals surface area contributed by atoms with Gasteiger partial charge in [0.25, 0.3) is 0 Å². The van der Waals surface area contributed by atoms with Gasteiger partial charge in [-0.2, -0.15) is 0 Å². The molecule has 0 aromatic heterocycles. The molecule has 3 heteroatoms. The topological polar surface area (TPSA) is 3.01 Å². The molecule has 1 heterocycles. The summed E-state index contributed by atoms with van der Waals surface area (Å²) in [5, 5.41) is 2.27. The van der Waals surface area contributed by atoms with Crippen molar-refractivity contribution in [2.24, 2.45) is 0 Å². The Balaban J connectivity index is 1.70. The molecule has 0 unspecified atom stereocenters. The summed E-state index contributed by atoms with van der Waals surface area (Å²) in [4.78, 5) is 1.31. The molecule has 0 radical (unpaired) electrons. The molecule has 2 aliphatic rings. The van der Waals surface area contributed by atoms with Crippen molar-refractivity contribution in [2.75, 3.05) is 14.1 Å². The second kappa shape index (κ2) is 8.68. The van der Waals surface area contributed by atoms with E-state index in [1.54, 1.807) is 0 Å². The number of allylic oxidation sites excluding steroid dienone is 7. The predicted molar refractivity (Wildman–Crippen MR) is 126 cm³/mol. The number of hydrogen-bond acceptors (Lipinski definition) is 2. The molecule has 1 nitrogen and oxygen atoms in total. The van der Waals surface area contributed by atoms with Gasteiger partial charge in [0, 0.05) is 22.6 Å². The lowest BCUT2D eigenvalue weighted by Gasteiger charge is -2.10. The molecule has 1 aliphatic heterocycles. The van der Waals surface area contributed by atoms with Crippen molar-refractivity contribution in [1.82, 2.24) is 0 Å². The van der Waals surface area contributed by atoms with Crippen molar-refractivity contribution < 1.29 is 4.58 Å². The van der Waals surface area contributed by atoms with E-state index < -0.39 is 0 Å². The Kier molecular flexibility index (Phi) is 5.84. The Bertz CT molecular complexity index is 1030. The molecule has 2 aromatic carbocycles. The van der Waals surface area contributed by atoms with Crippen LogP contribution in [0.5, 0.6) is 0 Å². The number of rotatable bonds is 3. The summed E-state index contributed by atoms with van der Waals surface area (Å²) in [6.07, 6.45) is 11.0. The molecule has 0 spiro atoms. The summed E-state index contributed by atoms with van der Waals surface area (Å²) in [7, 11) is 4.14. The summed E-state index contributed by atoms with van der Waals surface area (Å²) in [5.41, 5.74) is 6.22. The Hall–Kier alpha value is -2.49. The van der Waals surface area contributed by atoms with Crippen LogP contribution in [0.25, 0.3) is 10.5 Å². The maximum absolute atomic E-state index is 2.30. The highest BCUT2D eigenvalue weighted by Gasteiger charge is 2.18. The van der Waals surface area contributed by atoms with Crippen molar-refractivity contribution in [3.8, 4) is 0 Å². The minimum absolute atomic E-state index is 1.21. The van der Waals surface area contributed by atoms with Crippen LogP contribution in [0, 0.1) is 0 Å². The van der Waals surface area contributed by atoms with Crippen LogP contribution < -0.4 is 0 Å². The van der Waals surface area contributed by atoms with E-state index in [4.69, 9.17) is 0 Å². The maximum atomic E-state index is 2.30. The van der Waals surface area contributed by atoms with Crippen LogP contribution >= 0.6 is 23.5 Å². The minimum atomic E-state index is 1.21. The monoisotopic (exact) mass is 400 g/mol. The standard InChI is InChI=1S/C25H22NS2/c1-26(2)22-15-13-19(14-16-22)17-23(20-9-5-3-6-10-20)25-27-18-24(28-25)21-11-7-4-8-12-21/h3-18H,1-2H3/q+1/b25-23+. The van der Waals surface area contributed by atoms with E-state index in [9.17, 15) is 0 Å². The quantitative estimate of drug-likeness (QED) is 0.534. The van der Waals surface area contributed by atoms with E-state index >= 15 is 0 Å². The van der Waals surface area contributed by atoms with Crippen LogP contribution in [0.1, 0.15) is 11.1 Å². The Morgan fingerprint density at radius 1 is 0.821 bits per heavy atom. The lowest BCUT2D eigenvalue weighted by atomic mass is 10.0. The van der Waals surface area contributed by atoms with E-state index in [1.165, 1.54) is 37.1 Å². The zero-order valence-electron chi connectivity index (χ0n) is 16.0. The van der Waals surface area contributed by atoms with Gasteiger partial charge in [-0.25, -0.2) is 4.58 Å². The Morgan fingerprint density at radius 2 is 1.46 bits per heavy atom. The van der Waals surface area contributed by atoms with Crippen LogP contribution in [0.15, 0.2) is 106 Å². The van der Waals surface area contributed by atoms with Gasteiger partial charge in [-0.1, -0.05) is 84.2 Å². The fourth-order valence-corrected chi connectivity index (χ4v) is 5.35. The molecular formula is C25H22NS2+. The number of nitrogens with zero attached hydrogens (tertiary/aromatic N) is 1. The number of benzene rings is 2. The summed E-state index contributed by atoms with van der Waals surface area (Å²) < 4.78 is 3.45. The van der Waals surface area contributed by atoms with Crippen LogP contribution in [-0.4, -0.2) is 24.4 Å². The minimum Gasteiger partial charge on any atom is -0.235 e. The summed E-state index contributed by atoms with van der Waals surface area (Å²) in [6.45, 7) is 0. The average Bonchev–Trinajstić information content (AvgIpc) is 3.23. The first kappa shape index (κ1) is 18.9. The highest BCUT2D eigenvalue weighted by molar-refractivity contribution is 8.31. The molecule has 28 heavy (non-hydrogen) atoms. The molecule has 0 fully saturated rings. The average molecular weight is 401 g/mol. The van der Waals surface area contributed by atoms with Crippen LogP contribution in [0.2, 0.25) is 0 Å². The molecule has 4 rings (SSSR count). The molecule has 0 bridgehead atoms. The Labute approximate surface area is 175 Å². The summed E-state index contributed by atoms with van der Waals surface area (Å²) in [5.74, 6) is 0. The SMILES string of the molecule is C[N+](C)=C1C=CC(=C/C(=C2/SC=C(c3ccccc3)S2)c2ccccc2)C=C1. The third-order valence-corrected chi connectivity index (χ3v) is 7.01. The van der Waals surface area contributed by atoms with Crippen molar-refractivity contribution in [2.45, 2.75) is 0 Å². The van der Waals surface area contributed by atoms with Gasteiger partial charge < -0.3 is 0 Å². The molecule has 138 valence electrons. The van der Waals surface area contributed by atoms with E-state index in [0.29, 0.717) is 0 Å². The van der Waals surface area contributed by atoms with Crippen molar-refractivity contribution >= 4 is 39.7 Å². The van der Waals surface area contributed by atoms with Gasteiger partial charge >= 0.3 is 0 Å². The summed E-state index contributed by atoms with van der Waals surface area (Å²) >= 11 is 3.67. The molecular weight excluding hydrogens is 378 g/mol. The van der Waals surface area contributed by atoms with Gasteiger partial charge in [0.1, 0.15) is 14.1 Å². The van der Waals surface area contributed by atoms with Gasteiger partial charge in [0.2, 0.25) is 0 Å². The molecule has 0 saturated carbocycles. The highest BCUT2D eigenvalue weighted by Crippen LogP contribution is 2.51. The van der Waals surface area contributed by atoms with Crippen molar-refractivity contribution in [3.05, 3.63) is 117 Å². The second-order valence-electron chi connectivity index (χ2n) is 6.77. The molecule has 2 aromatic rings. The van der Waals surface area contributed by atoms with E-state index in [0.717, 1.165) is 0 Å². The molecule has 0 N–H and O–H groups in total. The normalized spacial score (nSPS) is 17.6. The van der Waals surface area contributed by atoms with Crippen LogP contribution in [0.3, 0.4) is 0 Å². The van der Waals surface area contributed by atoms with Gasteiger partial charge in [-0.05, 0) is 40.3 Å². The smallest absolute Gasteiger partial charge is 0.199 e. The molecule has 0 saturated heterocycles. The van der Waals surface area contributed by atoms with Gasteiger partial charge in [0.15, 0.2) is 5.71 Å². The van der Waals surface area contributed by atoms with Gasteiger partial charge in [-0.15, -0.1) is 0 Å². The van der Waals surface area contributed by atoms with Crippen molar-refractivity contribution in [1.29, 1.82) is 0 Å². The third kappa shape index (κ3) is 4.32. The predicted octanol–water partition coefficient (Wildman–Crippen LogP) is 6.60. The zero-order valence-corrected chi connectivity index (χ0v) is 17.6. The molecule has 0 atom stereocenters. The van der Waals surface area contributed by atoms with E-state index in [2.05, 4.69) is 115 Å².